The molecule has 0 amide bonds. The molecular weight excluding hydrogens is 925 g/mol. The molecule has 396 valence electrons. The van der Waals surface area contributed by atoms with E-state index in [0.717, 1.165) is 11.1 Å². The van der Waals surface area contributed by atoms with Gasteiger partial charge in [-0.25, -0.2) is 4.79 Å². The maximum absolute atomic E-state index is 13.8. The Bertz CT molecular complexity index is 2120. The van der Waals surface area contributed by atoms with Gasteiger partial charge in [0.05, 0.1) is 36.6 Å². The summed E-state index contributed by atoms with van der Waals surface area (Å²) >= 11 is 0. The number of hydrogen-bond acceptors (Lipinski definition) is 18. The molecule has 0 radical (unpaired) electrons. The highest BCUT2D eigenvalue weighted by Crippen LogP contribution is 2.70. The molecule has 4 N–H and O–H groups in total. The molecule has 6 fully saturated rings. The van der Waals surface area contributed by atoms with Crippen LogP contribution in [0.1, 0.15) is 105 Å². The summed E-state index contributed by atoms with van der Waals surface area (Å²) in [5.74, 6) is -3.34. The number of methoxy groups -OCH3 is 3. The first-order chi connectivity index (χ1) is 33.6. The van der Waals surface area contributed by atoms with Crippen molar-refractivity contribution in [2.24, 2.45) is 22.7 Å². The first-order valence-corrected chi connectivity index (χ1v) is 25.3. The molecule has 71 heavy (non-hydrogen) atoms. The van der Waals surface area contributed by atoms with Crippen molar-refractivity contribution < 1.29 is 86.9 Å². The summed E-state index contributed by atoms with van der Waals surface area (Å²) in [5, 5.41) is 47.7. The third-order valence-corrected chi connectivity index (χ3v) is 17.5. The van der Waals surface area contributed by atoms with E-state index in [0.29, 0.717) is 25.7 Å². The van der Waals surface area contributed by atoms with Crippen LogP contribution in [0.25, 0.3) is 6.08 Å². The van der Waals surface area contributed by atoms with Crippen LogP contribution in [0, 0.1) is 22.7 Å². The molecule has 7 aliphatic rings. The van der Waals surface area contributed by atoms with E-state index < -0.39 is 138 Å². The van der Waals surface area contributed by atoms with Crippen LogP contribution >= 0.6 is 0 Å². The van der Waals surface area contributed by atoms with Crippen LogP contribution in [0.15, 0.2) is 48.1 Å². The molecule has 8 rings (SSSR count). The zero-order valence-electron chi connectivity index (χ0n) is 42.7. The monoisotopic (exact) mass is 1000 g/mol. The fraction of sp³-hybridized carbons (Fsp3) is 0.755. The van der Waals surface area contributed by atoms with Crippen LogP contribution in [0.5, 0.6) is 0 Å². The second kappa shape index (κ2) is 21.2. The van der Waals surface area contributed by atoms with Gasteiger partial charge in [-0.1, -0.05) is 55.8 Å². The first kappa shape index (κ1) is 54.1. The Labute approximate surface area is 416 Å². The Hall–Kier alpha value is -3.21. The lowest BCUT2D eigenvalue weighted by Crippen LogP contribution is -2.80. The minimum Gasteiger partial charge on any atom is -0.458 e. The summed E-state index contributed by atoms with van der Waals surface area (Å²) in [6.45, 7) is 11.8. The minimum absolute atomic E-state index is 0.00663. The zero-order valence-corrected chi connectivity index (χ0v) is 42.7. The average molecular weight is 1000 g/mol. The highest BCUT2D eigenvalue weighted by atomic mass is 16.8. The van der Waals surface area contributed by atoms with Crippen molar-refractivity contribution in [3.8, 4) is 0 Å². The second-order valence-electron chi connectivity index (χ2n) is 21.4. The molecule has 3 saturated carbocycles. The maximum atomic E-state index is 13.8. The molecule has 3 saturated heterocycles. The Morgan fingerprint density at radius 2 is 1.37 bits per heavy atom. The van der Waals surface area contributed by atoms with Gasteiger partial charge >= 0.3 is 11.9 Å². The number of hydrogen-bond donors (Lipinski definition) is 4. The predicted molar refractivity (Wildman–Crippen MR) is 252 cm³/mol. The number of ketones is 1. The topological polar surface area (TPSA) is 234 Å². The predicted octanol–water partition coefficient (Wildman–Crippen LogP) is 4.10. The molecule has 4 aliphatic carbocycles. The van der Waals surface area contributed by atoms with Crippen LogP contribution in [0.3, 0.4) is 0 Å². The number of esters is 2. The van der Waals surface area contributed by atoms with Crippen molar-refractivity contribution >= 4 is 23.8 Å². The zero-order chi connectivity index (χ0) is 51.4. The van der Waals surface area contributed by atoms with E-state index in [1.54, 1.807) is 34.1 Å². The molecule has 3 heterocycles. The van der Waals surface area contributed by atoms with Crippen molar-refractivity contribution in [3.05, 3.63) is 53.6 Å². The van der Waals surface area contributed by atoms with Crippen LogP contribution in [-0.2, 0) is 66.5 Å². The first-order valence-electron chi connectivity index (χ1n) is 25.3. The fourth-order valence-electron chi connectivity index (χ4n) is 13.8. The van der Waals surface area contributed by atoms with Crippen molar-refractivity contribution in [1.82, 2.24) is 0 Å². The van der Waals surface area contributed by atoms with E-state index in [1.165, 1.54) is 27.0 Å². The summed E-state index contributed by atoms with van der Waals surface area (Å²) in [5.41, 5.74) is -4.45. The van der Waals surface area contributed by atoms with Crippen LogP contribution < -0.4 is 0 Å². The molecule has 22 atom stereocenters. The van der Waals surface area contributed by atoms with E-state index >= 15 is 0 Å². The smallest absolute Gasteiger partial charge is 0.331 e. The number of carbonyl (C=O) groups excluding carboxylic acids is 3. The van der Waals surface area contributed by atoms with Crippen LogP contribution in [0.4, 0.5) is 0 Å². The lowest BCUT2D eigenvalue weighted by atomic mass is 9.42. The number of rotatable bonds is 14. The van der Waals surface area contributed by atoms with E-state index in [2.05, 4.69) is 0 Å². The van der Waals surface area contributed by atoms with Gasteiger partial charge in [0.2, 0.25) is 0 Å². The number of aliphatic hydroxyl groups excluding tert-OH is 2. The molecule has 18 heteroatoms. The van der Waals surface area contributed by atoms with Gasteiger partial charge in [-0.3, -0.25) is 9.59 Å². The van der Waals surface area contributed by atoms with Gasteiger partial charge in [0.15, 0.2) is 18.9 Å². The molecule has 1 aromatic carbocycles. The van der Waals surface area contributed by atoms with Gasteiger partial charge < -0.3 is 72.5 Å². The molecule has 0 spiro atoms. The van der Waals surface area contributed by atoms with Crippen LogP contribution in [0.2, 0.25) is 0 Å². The van der Waals surface area contributed by atoms with Crippen molar-refractivity contribution in [2.45, 2.75) is 209 Å². The minimum atomic E-state index is -1.91. The van der Waals surface area contributed by atoms with Gasteiger partial charge in [-0.05, 0) is 83.3 Å². The molecule has 1 unspecified atom stereocenters. The fourth-order valence-corrected chi connectivity index (χ4v) is 13.8. The van der Waals surface area contributed by atoms with Crippen molar-refractivity contribution in [1.29, 1.82) is 0 Å². The van der Waals surface area contributed by atoms with E-state index in [9.17, 15) is 34.8 Å². The normalized spacial score (nSPS) is 46.6. The van der Waals surface area contributed by atoms with Gasteiger partial charge in [-0.15, -0.1) is 0 Å². The SMILES string of the molecule is CO[C@@H]1[C@H](O)[C@@H](C)OC(O[C@@H]2[C@@H](C)O[C@@H](O[C@H]3[C@@H](OC)C[C@H](O[C@H]4CC[C@@]5(C)C(=CC[C@]6(O)[C@@H]5[C@H](OC(C)=O)[C@@H](OC(=O)/C=C/c5ccccc5)[C@]5(C)[C@@H](C(C)=O)CC[C@@]56O)C4)O[C@@H]3C)C[C@H]2OC)[C@@H]1O. The Balaban J connectivity index is 0.960. The van der Waals surface area contributed by atoms with Crippen molar-refractivity contribution in [3.63, 3.8) is 0 Å². The van der Waals surface area contributed by atoms with Gasteiger partial charge in [0, 0.05) is 64.4 Å². The number of carbonyl (C=O) groups is 3. The molecule has 18 nitrogen and oxygen atoms in total. The Kier molecular flexibility index (Phi) is 16.1. The quantitative estimate of drug-likeness (QED) is 0.117. The average Bonchev–Trinajstić information content (AvgIpc) is 3.62. The third kappa shape index (κ3) is 9.73. The molecule has 1 aromatic rings. The Morgan fingerprint density at radius 3 is 1.97 bits per heavy atom. The maximum Gasteiger partial charge on any atom is 0.331 e. The molecule has 3 aliphatic heterocycles. The Morgan fingerprint density at radius 1 is 0.732 bits per heavy atom. The highest BCUT2D eigenvalue weighted by molar-refractivity contribution is 5.87. The largest absolute Gasteiger partial charge is 0.458 e. The summed E-state index contributed by atoms with van der Waals surface area (Å²) in [7, 11) is 4.58. The lowest BCUT2D eigenvalue weighted by molar-refractivity contribution is -0.352. The van der Waals surface area contributed by atoms with Crippen molar-refractivity contribution in [2.75, 3.05) is 21.3 Å². The summed E-state index contributed by atoms with van der Waals surface area (Å²) in [6, 6.07) is 9.21. The number of aliphatic hydroxyl groups is 4. The standard InChI is InChI=1S/C53H76O18/c1-27(54)35-20-23-53(60)51(35,7)48(69-38(56)17-16-32-14-12-11-13-15-32)46(67-31(5)55)47-50(6)21-19-34(24-33(50)18-22-52(47,53)59)68-39-25-36(61-8)43(29(3)64-39)70-40-26-37(62-9)44(30(4)65-40)71-49-42(58)45(63-10)41(57)28(2)66-49/h11-18,28-30,34-37,39-49,57-60H,19-26H2,1-10H3/b17-16+/t28-,29-,30-,34+,35-,36+,37-,39+,40+,41-,42-,43-,44-,45-,46+,47-,48-,49?,50+,51+,52+,53-/m1/s1. The molecule has 0 aromatic heterocycles. The van der Waals surface area contributed by atoms with Gasteiger partial charge in [-0.2, -0.15) is 0 Å². The number of benzene rings is 1. The van der Waals surface area contributed by atoms with Gasteiger partial charge in [0.1, 0.15) is 59.7 Å². The highest BCUT2D eigenvalue weighted by Gasteiger charge is 2.80. The third-order valence-electron chi connectivity index (χ3n) is 17.5. The van der Waals surface area contributed by atoms with E-state index in [1.807, 2.05) is 57.2 Å². The number of fused-ring (bicyclic) bond motifs is 5. The lowest BCUT2D eigenvalue weighted by Gasteiger charge is -2.68. The van der Waals surface area contributed by atoms with E-state index in [-0.39, 0.29) is 37.6 Å². The summed E-state index contributed by atoms with van der Waals surface area (Å²) < 4.78 is 68.0. The molecular formula is C53H76O18. The molecule has 0 bridgehead atoms. The number of ether oxygens (including phenoxy) is 11. The van der Waals surface area contributed by atoms with Crippen LogP contribution in [-0.4, -0.2) is 169 Å². The summed E-state index contributed by atoms with van der Waals surface area (Å²) in [6.07, 6.45) is -5.14. The second-order valence-corrected chi connectivity index (χ2v) is 21.4. The number of Topliss-reactive ketones (excluding diaryl/α,β-unsaturated/α-hetero) is 1. The van der Waals surface area contributed by atoms with E-state index in [4.69, 9.17) is 52.1 Å². The summed E-state index contributed by atoms with van der Waals surface area (Å²) in [4.78, 5) is 40.4. The van der Waals surface area contributed by atoms with Gasteiger partial charge in [0.25, 0.3) is 0 Å².